The molecule has 8 nitrogen and oxygen atoms in total. The van der Waals surface area contributed by atoms with Crippen molar-refractivity contribution in [1.82, 2.24) is 20.5 Å². The summed E-state index contributed by atoms with van der Waals surface area (Å²) in [4.78, 5) is 32.0. The fourth-order valence-electron chi connectivity index (χ4n) is 4.57. The summed E-state index contributed by atoms with van der Waals surface area (Å²) in [7, 11) is 0. The molecule has 0 radical (unpaired) electrons. The van der Waals surface area contributed by atoms with Gasteiger partial charge in [0.1, 0.15) is 6.04 Å². The molecule has 2 fully saturated rings. The monoisotopic (exact) mass is 464 g/mol. The van der Waals surface area contributed by atoms with Crippen molar-refractivity contribution in [2.75, 3.05) is 49.3 Å². The van der Waals surface area contributed by atoms with Gasteiger partial charge in [0.05, 0.1) is 12.4 Å². The summed E-state index contributed by atoms with van der Waals surface area (Å²) in [6.45, 7) is 10.6. The zero-order valence-corrected chi connectivity index (χ0v) is 20.4. The predicted octanol–water partition coefficient (Wildman–Crippen LogP) is 3.19. The standard InChI is InChI=1S/C26H36N6O2/c1-4-14-27-25(33)24(21-8-6-5-7-9-21)30-17-15-29(16-18-30)22-10-12-23(13-11-22)32-26(34)31(19-28-32)20(2)3/h5-13,20,24,28H,4,14-19H2,1-3H3,(H,27,33). The van der Waals surface area contributed by atoms with Crippen molar-refractivity contribution in [2.24, 2.45) is 0 Å². The molecule has 2 saturated heterocycles. The second-order valence-corrected chi connectivity index (χ2v) is 9.14. The summed E-state index contributed by atoms with van der Waals surface area (Å²) in [5.74, 6) is 0.0732. The Kier molecular flexibility index (Phi) is 7.70. The van der Waals surface area contributed by atoms with Crippen molar-refractivity contribution in [3.63, 3.8) is 0 Å². The van der Waals surface area contributed by atoms with Crippen LogP contribution in [0.15, 0.2) is 54.6 Å². The SMILES string of the molecule is CCCNC(=O)C(c1ccccc1)N1CCN(c2ccc(N3NCN(C(C)C)C3=O)cc2)CC1. The number of nitrogens with one attached hydrogen (secondary N) is 2. The minimum atomic E-state index is -0.270. The van der Waals surface area contributed by atoms with E-state index in [1.165, 1.54) is 0 Å². The molecule has 2 aliphatic rings. The highest BCUT2D eigenvalue weighted by Gasteiger charge is 2.32. The fraction of sp³-hybridized carbons (Fsp3) is 0.462. The van der Waals surface area contributed by atoms with Crippen molar-refractivity contribution in [3.05, 3.63) is 60.2 Å². The van der Waals surface area contributed by atoms with Gasteiger partial charge in [-0.15, -0.1) is 0 Å². The van der Waals surface area contributed by atoms with Crippen LogP contribution in [0.4, 0.5) is 16.2 Å². The maximum atomic E-state index is 13.0. The van der Waals surface area contributed by atoms with Crippen LogP contribution < -0.4 is 20.7 Å². The molecule has 3 amide bonds. The Balaban J connectivity index is 1.40. The lowest BCUT2D eigenvalue weighted by atomic mass is 10.0. The van der Waals surface area contributed by atoms with Crippen molar-refractivity contribution < 1.29 is 9.59 Å². The normalized spacial score (nSPS) is 18.0. The first-order valence-electron chi connectivity index (χ1n) is 12.3. The third kappa shape index (κ3) is 5.18. The van der Waals surface area contributed by atoms with E-state index >= 15 is 0 Å². The van der Waals surface area contributed by atoms with E-state index in [9.17, 15) is 9.59 Å². The lowest BCUT2D eigenvalue weighted by Crippen LogP contribution is -2.51. The van der Waals surface area contributed by atoms with Crippen LogP contribution in [0.5, 0.6) is 0 Å². The van der Waals surface area contributed by atoms with Crippen LogP contribution in [-0.4, -0.2) is 67.2 Å². The number of carbonyl (C=O) groups is 2. The van der Waals surface area contributed by atoms with E-state index in [0.717, 1.165) is 49.5 Å². The molecule has 2 N–H and O–H groups in total. The highest BCUT2D eigenvalue weighted by Crippen LogP contribution is 2.27. The van der Waals surface area contributed by atoms with E-state index in [4.69, 9.17) is 0 Å². The van der Waals surface area contributed by atoms with E-state index < -0.39 is 0 Å². The first-order chi connectivity index (χ1) is 16.5. The van der Waals surface area contributed by atoms with Crippen LogP contribution >= 0.6 is 0 Å². The molecule has 4 rings (SSSR count). The summed E-state index contributed by atoms with van der Waals surface area (Å²) in [6, 6.07) is 18.0. The first kappa shape index (κ1) is 24.0. The summed E-state index contributed by atoms with van der Waals surface area (Å²) >= 11 is 0. The maximum Gasteiger partial charge on any atom is 0.340 e. The highest BCUT2D eigenvalue weighted by molar-refractivity contribution is 5.93. The number of rotatable bonds is 8. The van der Waals surface area contributed by atoms with E-state index in [0.29, 0.717) is 13.2 Å². The zero-order chi connectivity index (χ0) is 24.1. The molecule has 2 aromatic carbocycles. The zero-order valence-electron chi connectivity index (χ0n) is 20.4. The average molecular weight is 465 g/mol. The number of urea groups is 1. The van der Waals surface area contributed by atoms with Crippen LogP contribution in [-0.2, 0) is 4.79 Å². The van der Waals surface area contributed by atoms with Gasteiger partial charge in [0.25, 0.3) is 0 Å². The summed E-state index contributed by atoms with van der Waals surface area (Å²) in [6.07, 6.45) is 0.922. The molecule has 1 atom stereocenters. The number of hydrogen-bond acceptors (Lipinski definition) is 5. The van der Waals surface area contributed by atoms with Gasteiger partial charge < -0.3 is 15.1 Å². The average Bonchev–Trinajstić information content (AvgIpc) is 3.25. The molecule has 2 aromatic rings. The smallest absolute Gasteiger partial charge is 0.340 e. The number of hydrogen-bond donors (Lipinski definition) is 2. The van der Waals surface area contributed by atoms with Gasteiger partial charge in [-0.1, -0.05) is 37.3 Å². The Bertz CT molecular complexity index is 957. The van der Waals surface area contributed by atoms with Gasteiger partial charge >= 0.3 is 6.03 Å². The predicted molar refractivity (Wildman–Crippen MR) is 136 cm³/mol. The van der Waals surface area contributed by atoms with E-state index in [-0.39, 0.29) is 24.0 Å². The second kappa shape index (κ2) is 10.9. The molecule has 0 saturated carbocycles. The van der Waals surface area contributed by atoms with Crippen molar-refractivity contribution in [1.29, 1.82) is 0 Å². The first-order valence-corrected chi connectivity index (χ1v) is 12.3. The third-order valence-electron chi connectivity index (χ3n) is 6.52. The minimum Gasteiger partial charge on any atom is -0.369 e. The number of benzene rings is 2. The largest absolute Gasteiger partial charge is 0.369 e. The second-order valence-electron chi connectivity index (χ2n) is 9.14. The van der Waals surface area contributed by atoms with Crippen LogP contribution in [0.25, 0.3) is 0 Å². The number of hydrazine groups is 1. The molecule has 0 bridgehead atoms. The number of carbonyl (C=O) groups excluding carboxylic acids is 2. The maximum absolute atomic E-state index is 13.0. The van der Waals surface area contributed by atoms with Gasteiger partial charge in [0.15, 0.2) is 0 Å². The number of nitrogens with zero attached hydrogens (tertiary/aromatic N) is 4. The quantitative estimate of drug-likeness (QED) is 0.628. The van der Waals surface area contributed by atoms with Crippen LogP contribution in [0, 0.1) is 0 Å². The summed E-state index contributed by atoms with van der Waals surface area (Å²) in [5, 5.41) is 4.69. The molecule has 8 heteroatoms. The van der Waals surface area contributed by atoms with Gasteiger partial charge in [0, 0.05) is 44.5 Å². The Morgan fingerprint density at radius 1 is 0.971 bits per heavy atom. The van der Waals surface area contributed by atoms with Crippen molar-refractivity contribution in [3.8, 4) is 0 Å². The van der Waals surface area contributed by atoms with Crippen molar-refractivity contribution >= 4 is 23.3 Å². The molecule has 2 heterocycles. The van der Waals surface area contributed by atoms with Gasteiger partial charge in [0.2, 0.25) is 5.91 Å². The number of amides is 3. The van der Waals surface area contributed by atoms with Crippen molar-refractivity contribution in [2.45, 2.75) is 39.3 Å². The minimum absolute atomic E-state index is 0.0235. The van der Waals surface area contributed by atoms with Gasteiger partial charge in [-0.05, 0) is 50.1 Å². The Hall–Kier alpha value is -3.10. The van der Waals surface area contributed by atoms with Crippen LogP contribution in [0.3, 0.4) is 0 Å². The molecule has 0 aliphatic carbocycles. The Labute approximate surface area is 202 Å². The molecule has 34 heavy (non-hydrogen) atoms. The van der Waals surface area contributed by atoms with Gasteiger partial charge in [-0.3, -0.25) is 9.69 Å². The fourth-order valence-corrected chi connectivity index (χ4v) is 4.57. The van der Waals surface area contributed by atoms with E-state index in [1.54, 1.807) is 9.91 Å². The van der Waals surface area contributed by atoms with Crippen LogP contribution in [0.1, 0.15) is 38.8 Å². The lowest BCUT2D eigenvalue weighted by Gasteiger charge is -2.39. The third-order valence-corrected chi connectivity index (χ3v) is 6.52. The van der Waals surface area contributed by atoms with Gasteiger partial charge in [-0.2, -0.15) is 0 Å². The summed E-state index contributed by atoms with van der Waals surface area (Å²) in [5.41, 5.74) is 6.17. The Morgan fingerprint density at radius 3 is 2.21 bits per heavy atom. The Morgan fingerprint density at radius 2 is 1.62 bits per heavy atom. The van der Waals surface area contributed by atoms with Crippen LogP contribution in [0.2, 0.25) is 0 Å². The van der Waals surface area contributed by atoms with E-state index in [1.807, 2.05) is 56.3 Å². The van der Waals surface area contributed by atoms with Gasteiger partial charge in [-0.25, -0.2) is 15.2 Å². The van der Waals surface area contributed by atoms with E-state index in [2.05, 4.69) is 39.6 Å². The summed E-state index contributed by atoms with van der Waals surface area (Å²) < 4.78 is 0. The molecule has 0 aromatic heterocycles. The molecule has 0 spiro atoms. The molecular weight excluding hydrogens is 428 g/mol. The lowest BCUT2D eigenvalue weighted by molar-refractivity contribution is -0.126. The molecular formula is C26H36N6O2. The number of anilines is 2. The highest BCUT2D eigenvalue weighted by atomic mass is 16.2. The topological polar surface area (TPSA) is 71.2 Å². The molecule has 182 valence electrons. The molecule has 1 unspecified atom stereocenters. The number of piperazine rings is 1. The molecule has 2 aliphatic heterocycles.